The van der Waals surface area contributed by atoms with Gasteiger partial charge in [-0.15, -0.1) is 0 Å². The van der Waals surface area contributed by atoms with Gasteiger partial charge in [-0.25, -0.2) is 0 Å². The summed E-state index contributed by atoms with van der Waals surface area (Å²) >= 11 is 0. The zero-order valence-corrected chi connectivity index (χ0v) is 7.90. The fourth-order valence-corrected chi connectivity index (χ4v) is 1.91. The minimum atomic E-state index is 0.502. The molecule has 3 nitrogen and oxygen atoms in total. The number of nitrogens with one attached hydrogen (secondary N) is 1. The van der Waals surface area contributed by atoms with Crippen molar-refractivity contribution in [2.75, 3.05) is 18.5 Å². The highest BCUT2D eigenvalue weighted by Crippen LogP contribution is 2.22. The molecule has 1 aliphatic rings. The third-order valence-corrected chi connectivity index (χ3v) is 2.58. The molecule has 0 amide bonds. The lowest BCUT2D eigenvalue weighted by molar-refractivity contribution is 0.582. The van der Waals surface area contributed by atoms with Gasteiger partial charge in [-0.2, -0.15) is 0 Å². The molecule has 0 spiro atoms. The van der Waals surface area contributed by atoms with E-state index in [-0.39, 0.29) is 0 Å². The molecule has 1 N–H and O–H groups in total. The first kappa shape index (κ1) is 8.51. The van der Waals surface area contributed by atoms with Crippen LogP contribution in [-0.4, -0.2) is 24.7 Å². The van der Waals surface area contributed by atoms with E-state index < -0.39 is 0 Å². The summed E-state index contributed by atoms with van der Waals surface area (Å²) < 4.78 is 0. The largest absolute Gasteiger partial charge is 0.356 e. The molecule has 2 heterocycles. The van der Waals surface area contributed by atoms with E-state index in [9.17, 15) is 0 Å². The number of pyridine rings is 1. The molecule has 0 saturated carbocycles. The van der Waals surface area contributed by atoms with Crippen molar-refractivity contribution in [2.24, 2.45) is 0 Å². The van der Waals surface area contributed by atoms with Crippen LogP contribution in [0.3, 0.4) is 0 Å². The quantitative estimate of drug-likeness (QED) is 0.736. The average Bonchev–Trinajstić information content (AvgIpc) is 2.67. The van der Waals surface area contributed by atoms with Crippen molar-refractivity contribution in [1.82, 2.24) is 10.3 Å². The Morgan fingerprint density at radius 1 is 1.46 bits per heavy atom. The molecular weight excluding hydrogens is 162 g/mol. The number of nitrogens with zero attached hydrogens (tertiary/aromatic N) is 2. The van der Waals surface area contributed by atoms with Crippen LogP contribution in [0.2, 0.25) is 0 Å². The molecule has 1 atom stereocenters. The molecule has 0 aromatic carbocycles. The number of aromatic nitrogens is 1. The summed E-state index contributed by atoms with van der Waals surface area (Å²) in [7, 11) is 2.02. The van der Waals surface area contributed by atoms with Crippen LogP contribution in [-0.2, 0) is 0 Å². The first-order valence-corrected chi connectivity index (χ1v) is 4.76. The molecular formula is C10H15N3. The van der Waals surface area contributed by atoms with E-state index in [1.807, 2.05) is 19.4 Å². The maximum Gasteiger partial charge on any atom is 0.0794 e. The van der Waals surface area contributed by atoms with Gasteiger partial charge in [-0.3, -0.25) is 4.98 Å². The molecule has 1 saturated heterocycles. The van der Waals surface area contributed by atoms with Gasteiger partial charge >= 0.3 is 0 Å². The number of rotatable bonds is 2. The van der Waals surface area contributed by atoms with E-state index in [4.69, 9.17) is 0 Å². The van der Waals surface area contributed by atoms with Gasteiger partial charge in [0.2, 0.25) is 0 Å². The van der Waals surface area contributed by atoms with Crippen LogP contribution < -0.4 is 10.2 Å². The Hall–Kier alpha value is -1.09. The monoisotopic (exact) mass is 177 g/mol. The van der Waals surface area contributed by atoms with Crippen molar-refractivity contribution in [2.45, 2.75) is 19.0 Å². The highest BCUT2D eigenvalue weighted by molar-refractivity contribution is 5.46. The second kappa shape index (κ2) is 3.75. The Kier molecular flexibility index (Phi) is 2.45. The lowest BCUT2D eigenvalue weighted by Gasteiger charge is -2.25. The van der Waals surface area contributed by atoms with Crippen LogP contribution in [0, 0.1) is 0 Å². The van der Waals surface area contributed by atoms with Gasteiger partial charge in [0.15, 0.2) is 0 Å². The van der Waals surface area contributed by atoms with Crippen molar-refractivity contribution >= 4 is 5.69 Å². The standard InChI is InChI=1S/C10H15N3/c1-11-10-3-2-8-13(10)9-4-6-12-7-5-9/h4-7,10-11H,2-3,8H2,1H3/t10-/m1/s1. The van der Waals surface area contributed by atoms with Gasteiger partial charge in [-0.05, 0) is 32.0 Å². The van der Waals surface area contributed by atoms with Gasteiger partial charge in [0, 0.05) is 24.6 Å². The van der Waals surface area contributed by atoms with Crippen molar-refractivity contribution in [3.63, 3.8) is 0 Å². The van der Waals surface area contributed by atoms with Crippen LogP contribution in [0.15, 0.2) is 24.5 Å². The molecule has 2 rings (SSSR count). The summed E-state index contributed by atoms with van der Waals surface area (Å²) in [4.78, 5) is 6.41. The van der Waals surface area contributed by atoms with Crippen LogP contribution in [0.25, 0.3) is 0 Å². The van der Waals surface area contributed by atoms with Gasteiger partial charge in [-0.1, -0.05) is 0 Å². The van der Waals surface area contributed by atoms with E-state index in [0.29, 0.717) is 6.17 Å². The SMILES string of the molecule is CN[C@H]1CCCN1c1ccncc1. The van der Waals surface area contributed by atoms with E-state index in [1.165, 1.54) is 18.5 Å². The molecule has 1 aliphatic heterocycles. The van der Waals surface area contributed by atoms with E-state index >= 15 is 0 Å². The van der Waals surface area contributed by atoms with Crippen LogP contribution in [0.5, 0.6) is 0 Å². The lowest BCUT2D eigenvalue weighted by Crippen LogP contribution is -2.39. The zero-order valence-electron chi connectivity index (χ0n) is 7.90. The van der Waals surface area contributed by atoms with Crippen molar-refractivity contribution < 1.29 is 0 Å². The van der Waals surface area contributed by atoms with E-state index in [2.05, 4.69) is 27.3 Å². The third-order valence-electron chi connectivity index (χ3n) is 2.58. The molecule has 0 bridgehead atoms. The Morgan fingerprint density at radius 3 is 2.92 bits per heavy atom. The predicted octanol–water partition coefficient (Wildman–Crippen LogP) is 1.23. The van der Waals surface area contributed by atoms with Crippen LogP contribution >= 0.6 is 0 Å². The first-order valence-electron chi connectivity index (χ1n) is 4.76. The van der Waals surface area contributed by atoms with Crippen molar-refractivity contribution in [3.8, 4) is 0 Å². The molecule has 1 aromatic rings. The summed E-state index contributed by atoms with van der Waals surface area (Å²) in [5, 5.41) is 3.32. The smallest absolute Gasteiger partial charge is 0.0794 e. The molecule has 1 aromatic heterocycles. The van der Waals surface area contributed by atoms with Gasteiger partial charge in [0.1, 0.15) is 0 Å². The number of hydrogen-bond acceptors (Lipinski definition) is 3. The van der Waals surface area contributed by atoms with E-state index in [1.54, 1.807) is 0 Å². The molecule has 0 unspecified atom stereocenters. The molecule has 1 fully saturated rings. The summed E-state index contributed by atoms with van der Waals surface area (Å²) in [5.41, 5.74) is 1.27. The van der Waals surface area contributed by atoms with E-state index in [0.717, 1.165) is 6.54 Å². The Bertz CT molecular complexity index is 260. The molecule has 13 heavy (non-hydrogen) atoms. The second-order valence-corrected chi connectivity index (χ2v) is 3.35. The molecule has 0 aliphatic carbocycles. The summed E-state index contributed by atoms with van der Waals surface area (Å²) in [6, 6.07) is 4.13. The highest BCUT2D eigenvalue weighted by Gasteiger charge is 2.22. The van der Waals surface area contributed by atoms with Crippen molar-refractivity contribution in [1.29, 1.82) is 0 Å². The Morgan fingerprint density at radius 2 is 2.23 bits per heavy atom. The number of anilines is 1. The minimum Gasteiger partial charge on any atom is -0.356 e. The van der Waals surface area contributed by atoms with Crippen LogP contribution in [0.1, 0.15) is 12.8 Å². The molecule has 70 valence electrons. The van der Waals surface area contributed by atoms with Gasteiger partial charge < -0.3 is 10.2 Å². The molecule has 0 radical (unpaired) electrons. The maximum atomic E-state index is 4.02. The predicted molar refractivity (Wildman–Crippen MR) is 53.7 cm³/mol. The minimum absolute atomic E-state index is 0.502. The van der Waals surface area contributed by atoms with Crippen LogP contribution in [0.4, 0.5) is 5.69 Å². The normalized spacial score (nSPS) is 22.2. The highest BCUT2D eigenvalue weighted by atomic mass is 15.3. The summed E-state index contributed by atoms with van der Waals surface area (Å²) in [6.45, 7) is 1.15. The maximum absolute atomic E-state index is 4.02. The van der Waals surface area contributed by atoms with Gasteiger partial charge in [0.25, 0.3) is 0 Å². The lowest BCUT2D eigenvalue weighted by atomic mass is 10.3. The Labute approximate surface area is 78.8 Å². The Balaban J connectivity index is 2.16. The average molecular weight is 177 g/mol. The fraction of sp³-hybridized carbons (Fsp3) is 0.500. The topological polar surface area (TPSA) is 28.2 Å². The summed E-state index contributed by atoms with van der Waals surface area (Å²) in [6.07, 6.45) is 6.70. The third kappa shape index (κ3) is 1.65. The van der Waals surface area contributed by atoms with Gasteiger partial charge in [0.05, 0.1) is 6.17 Å². The zero-order chi connectivity index (χ0) is 9.10. The van der Waals surface area contributed by atoms with Crippen molar-refractivity contribution in [3.05, 3.63) is 24.5 Å². The first-order chi connectivity index (χ1) is 6.42. The summed E-state index contributed by atoms with van der Waals surface area (Å²) in [5.74, 6) is 0. The second-order valence-electron chi connectivity index (χ2n) is 3.35. The molecule has 3 heteroatoms. The number of hydrogen-bond donors (Lipinski definition) is 1. The fourth-order valence-electron chi connectivity index (χ4n) is 1.91.